The Bertz CT molecular complexity index is 876. The minimum atomic E-state index is -3.61. The van der Waals surface area contributed by atoms with Gasteiger partial charge < -0.3 is 5.32 Å². The zero-order valence-corrected chi connectivity index (χ0v) is 16.7. The SMILES string of the molecule is CCN(CC)S(=O)(=O)c1ccc(C)c(C(=O)NCc2ccc(Cl)cc2)c1. The number of amides is 1. The molecule has 0 aliphatic rings. The van der Waals surface area contributed by atoms with E-state index in [9.17, 15) is 13.2 Å². The average Bonchev–Trinajstić information content (AvgIpc) is 2.62. The van der Waals surface area contributed by atoms with E-state index in [1.807, 2.05) is 12.1 Å². The highest BCUT2D eigenvalue weighted by Crippen LogP contribution is 2.20. The highest BCUT2D eigenvalue weighted by molar-refractivity contribution is 7.89. The fraction of sp³-hybridized carbons (Fsp3) is 0.316. The first kappa shape index (κ1) is 20.4. The molecule has 0 saturated carbocycles. The second-order valence-corrected chi connectivity index (χ2v) is 8.25. The van der Waals surface area contributed by atoms with E-state index in [1.54, 1.807) is 45.0 Å². The summed E-state index contributed by atoms with van der Waals surface area (Å²) in [6.45, 7) is 6.45. The largest absolute Gasteiger partial charge is 0.348 e. The standard InChI is InChI=1S/C19H23ClN2O3S/c1-4-22(5-2)26(24,25)17-11-6-14(3)18(12-17)19(23)21-13-15-7-9-16(20)10-8-15/h6-12H,4-5,13H2,1-3H3,(H,21,23). The lowest BCUT2D eigenvalue weighted by Gasteiger charge is -2.19. The Kier molecular flexibility index (Phi) is 6.81. The molecule has 0 aliphatic carbocycles. The van der Waals surface area contributed by atoms with Crippen molar-refractivity contribution in [2.24, 2.45) is 0 Å². The van der Waals surface area contributed by atoms with Gasteiger partial charge in [0, 0.05) is 30.2 Å². The third kappa shape index (κ3) is 4.63. The van der Waals surface area contributed by atoms with Crippen LogP contribution < -0.4 is 5.32 Å². The molecule has 5 nitrogen and oxygen atoms in total. The third-order valence-corrected chi connectivity index (χ3v) is 6.46. The van der Waals surface area contributed by atoms with Crippen LogP contribution in [0, 0.1) is 6.92 Å². The van der Waals surface area contributed by atoms with Gasteiger partial charge in [0.25, 0.3) is 5.91 Å². The molecule has 0 heterocycles. The summed E-state index contributed by atoms with van der Waals surface area (Å²) in [5.41, 5.74) is 1.98. The number of nitrogens with zero attached hydrogens (tertiary/aromatic N) is 1. The van der Waals surface area contributed by atoms with Gasteiger partial charge in [0.05, 0.1) is 4.90 Å². The minimum absolute atomic E-state index is 0.128. The maximum Gasteiger partial charge on any atom is 0.251 e. The molecule has 0 radical (unpaired) electrons. The number of hydrogen-bond donors (Lipinski definition) is 1. The van der Waals surface area contributed by atoms with Crippen molar-refractivity contribution in [3.05, 3.63) is 64.2 Å². The monoisotopic (exact) mass is 394 g/mol. The first-order valence-electron chi connectivity index (χ1n) is 8.43. The highest BCUT2D eigenvalue weighted by atomic mass is 35.5. The number of carbonyl (C=O) groups is 1. The molecule has 0 bridgehead atoms. The topological polar surface area (TPSA) is 66.5 Å². The van der Waals surface area contributed by atoms with Crippen LogP contribution in [0.2, 0.25) is 5.02 Å². The molecule has 2 aromatic carbocycles. The summed E-state index contributed by atoms with van der Waals surface area (Å²) < 4.78 is 26.7. The van der Waals surface area contributed by atoms with Crippen LogP contribution in [0.5, 0.6) is 0 Å². The predicted octanol–water partition coefficient (Wildman–Crippen LogP) is 3.61. The molecular weight excluding hydrogens is 372 g/mol. The Balaban J connectivity index is 2.23. The van der Waals surface area contributed by atoms with E-state index in [-0.39, 0.29) is 10.8 Å². The van der Waals surface area contributed by atoms with Gasteiger partial charge in [-0.3, -0.25) is 4.79 Å². The van der Waals surface area contributed by atoms with Gasteiger partial charge in [0.1, 0.15) is 0 Å². The summed E-state index contributed by atoms with van der Waals surface area (Å²) in [6.07, 6.45) is 0. The first-order chi connectivity index (χ1) is 12.3. The van der Waals surface area contributed by atoms with Crippen LogP contribution in [-0.2, 0) is 16.6 Å². The molecule has 7 heteroatoms. The lowest BCUT2D eigenvalue weighted by atomic mass is 10.1. The van der Waals surface area contributed by atoms with Crippen molar-refractivity contribution in [2.75, 3.05) is 13.1 Å². The summed E-state index contributed by atoms with van der Waals surface area (Å²) in [7, 11) is -3.61. The maximum atomic E-state index is 12.7. The third-order valence-electron chi connectivity index (χ3n) is 4.16. The predicted molar refractivity (Wildman–Crippen MR) is 104 cm³/mol. The number of halogens is 1. The zero-order valence-electron chi connectivity index (χ0n) is 15.1. The van der Waals surface area contributed by atoms with Crippen molar-refractivity contribution in [1.82, 2.24) is 9.62 Å². The normalized spacial score (nSPS) is 11.6. The van der Waals surface area contributed by atoms with Crippen molar-refractivity contribution in [1.29, 1.82) is 0 Å². The van der Waals surface area contributed by atoms with Crippen LogP contribution in [0.25, 0.3) is 0 Å². The maximum absolute atomic E-state index is 12.7. The number of benzene rings is 2. The number of carbonyl (C=O) groups excluding carboxylic acids is 1. The van der Waals surface area contributed by atoms with Gasteiger partial charge in [-0.15, -0.1) is 0 Å². The highest BCUT2D eigenvalue weighted by Gasteiger charge is 2.23. The molecule has 0 aliphatic heterocycles. The van der Waals surface area contributed by atoms with E-state index in [0.717, 1.165) is 11.1 Å². The molecule has 140 valence electrons. The van der Waals surface area contributed by atoms with Crippen LogP contribution >= 0.6 is 11.6 Å². The summed E-state index contributed by atoms with van der Waals surface area (Å²) in [6, 6.07) is 11.8. The van der Waals surface area contributed by atoms with Crippen molar-refractivity contribution in [3.8, 4) is 0 Å². The van der Waals surface area contributed by atoms with E-state index < -0.39 is 10.0 Å². The van der Waals surface area contributed by atoms with Gasteiger partial charge in [-0.2, -0.15) is 4.31 Å². The van der Waals surface area contributed by atoms with Gasteiger partial charge in [0.15, 0.2) is 0 Å². The second-order valence-electron chi connectivity index (χ2n) is 5.88. The lowest BCUT2D eigenvalue weighted by molar-refractivity contribution is 0.0950. The Morgan fingerprint density at radius 1 is 1.08 bits per heavy atom. The Labute approximate surface area is 160 Å². The van der Waals surface area contributed by atoms with Crippen molar-refractivity contribution < 1.29 is 13.2 Å². The summed E-state index contributed by atoms with van der Waals surface area (Å²) in [4.78, 5) is 12.7. The van der Waals surface area contributed by atoms with Crippen molar-refractivity contribution in [2.45, 2.75) is 32.2 Å². The van der Waals surface area contributed by atoms with Crippen LogP contribution in [-0.4, -0.2) is 31.7 Å². The smallest absolute Gasteiger partial charge is 0.251 e. The quantitative estimate of drug-likeness (QED) is 0.780. The molecule has 1 amide bonds. The molecule has 26 heavy (non-hydrogen) atoms. The summed E-state index contributed by atoms with van der Waals surface area (Å²) in [5.74, 6) is -0.311. The molecule has 0 unspecified atom stereocenters. The zero-order chi connectivity index (χ0) is 19.3. The lowest BCUT2D eigenvalue weighted by Crippen LogP contribution is -2.31. The second kappa shape index (κ2) is 8.66. The molecule has 2 rings (SSSR count). The van der Waals surface area contributed by atoms with E-state index in [1.165, 1.54) is 10.4 Å². The van der Waals surface area contributed by atoms with E-state index in [2.05, 4.69) is 5.32 Å². The van der Waals surface area contributed by atoms with E-state index >= 15 is 0 Å². The Morgan fingerprint density at radius 3 is 2.27 bits per heavy atom. The van der Waals surface area contributed by atoms with Gasteiger partial charge in [-0.05, 0) is 42.3 Å². The fourth-order valence-electron chi connectivity index (χ4n) is 2.60. The van der Waals surface area contributed by atoms with Crippen molar-refractivity contribution in [3.63, 3.8) is 0 Å². The molecular formula is C19H23ClN2O3S. The molecule has 0 atom stereocenters. The van der Waals surface area contributed by atoms with Gasteiger partial charge in [-0.25, -0.2) is 8.42 Å². The van der Waals surface area contributed by atoms with Crippen LogP contribution in [0.3, 0.4) is 0 Å². The molecule has 0 fully saturated rings. The summed E-state index contributed by atoms with van der Waals surface area (Å²) in [5, 5.41) is 3.45. The first-order valence-corrected chi connectivity index (χ1v) is 10.2. The van der Waals surface area contributed by atoms with Gasteiger partial charge in [-0.1, -0.05) is 43.6 Å². The van der Waals surface area contributed by atoms with Crippen molar-refractivity contribution >= 4 is 27.5 Å². The van der Waals surface area contributed by atoms with Crippen LogP contribution in [0.4, 0.5) is 0 Å². The Morgan fingerprint density at radius 2 is 1.69 bits per heavy atom. The molecule has 1 N–H and O–H groups in total. The van der Waals surface area contributed by atoms with E-state index in [0.29, 0.717) is 30.2 Å². The molecule has 0 saturated heterocycles. The Hall–Kier alpha value is -1.89. The molecule has 2 aromatic rings. The van der Waals surface area contributed by atoms with Gasteiger partial charge in [0.2, 0.25) is 10.0 Å². The van der Waals surface area contributed by atoms with Crippen LogP contribution in [0.15, 0.2) is 47.4 Å². The van der Waals surface area contributed by atoms with E-state index in [4.69, 9.17) is 11.6 Å². The van der Waals surface area contributed by atoms with Gasteiger partial charge >= 0.3 is 0 Å². The molecule has 0 aromatic heterocycles. The number of aryl methyl sites for hydroxylation is 1. The number of rotatable bonds is 7. The summed E-state index contributed by atoms with van der Waals surface area (Å²) >= 11 is 5.85. The number of hydrogen-bond acceptors (Lipinski definition) is 3. The number of sulfonamides is 1. The molecule has 0 spiro atoms. The fourth-order valence-corrected chi connectivity index (χ4v) is 4.21. The number of nitrogens with one attached hydrogen (secondary N) is 1. The average molecular weight is 395 g/mol. The van der Waals surface area contributed by atoms with Crippen LogP contribution in [0.1, 0.15) is 35.3 Å². The minimum Gasteiger partial charge on any atom is -0.348 e.